The Morgan fingerprint density at radius 1 is 0.875 bits per heavy atom. The number of aromatic hydroxyl groups is 1. The first-order chi connectivity index (χ1) is 11.7. The van der Waals surface area contributed by atoms with Gasteiger partial charge < -0.3 is 5.11 Å². The lowest BCUT2D eigenvalue weighted by Crippen LogP contribution is -2.06. The fraction of sp³-hybridized carbons (Fsp3) is 0.136. The molecule has 0 saturated carbocycles. The topological polar surface area (TPSA) is 37.3 Å². The first-order valence-corrected chi connectivity index (χ1v) is 8.21. The average Bonchev–Trinajstić information content (AvgIpc) is 2.63. The van der Waals surface area contributed by atoms with E-state index in [2.05, 4.69) is 6.92 Å². The zero-order chi connectivity index (χ0) is 16.9. The van der Waals surface area contributed by atoms with Crippen LogP contribution in [-0.2, 0) is 6.42 Å². The molecule has 0 amide bonds. The van der Waals surface area contributed by atoms with E-state index < -0.39 is 0 Å². The molecule has 0 aromatic heterocycles. The molecule has 24 heavy (non-hydrogen) atoms. The van der Waals surface area contributed by atoms with Gasteiger partial charge in [0.1, 0.15) is 5.75 Å². The summed E-state index contributed by atoms with van der Waals surface area (Å²) in [5.41, 5.74) is 3.87. The number of phenolic OH excluding ortho intramolecular Hbond substituents is 1. The summed E-state index contributed by atoms with van der Waals surface area (Å²) in [5, 5.41) is 10.6. The van der Waals surface area contributed by atoms with Gasteiger partial charge in [-0.2, -0.15) is 0 Å². The minimum Gasteiger partial charge on any atom is -0.507 e. The van der Waals surface area contributed by atoms with Crippen molar-refractivity contribution in [2.45, 2.75) is 19.8 Å². The zero-order valence-electron chi connectivity index (χ0n) is 13.7. The van der Waals surface area contributed by atoms with E-state index in [1.807, 2.05) is 54.6 Å². The minimum absolute atomic E-state index is 0.0497. The SMILES string of the molecule is CCCc1cc(-c2ccccc2)cc(O)c1C(=O)c1ccccc1. The number of hydrogen-bond donors (Lipinski definition) is 1. The van der Waals surface area contributed by atoms with Crippen LogP contribution in [0.1, 0.15) is 34.8 Å². The molecule has 120 valence electrons. The second kappa shape index (κ2) is 7.14. The van der Waals surface area contributed by atoms with E-state index in [4.69, 9.17) is 0 Å². The molecule has 0 saturated heterocycles. The first kappa shape index (κ1) is 16.0. The molecular weight excluding hydrogens is 296 g/mol. The molecule has 0 aliphatic carbocycles. The normalized spacial score (nSPS) is 10.5. The number of ketones is 1. The lowest BCUT2D eigenvalue weighted by molar-refractivity contribution is 0.103. The average molecular weight is 316 g/mol. The zero-order valence-corrected chi connectivity index (χ0v) is 13.7. The number of rotatable bonds is 5. The Bertz CT molecular complexity index is 837. The molecule has 1 N–H and O–H groups in total. The summed E-state index contributed by atoms with van der Waals surface area (Å²) in [6, 6.07) is 22.7. The summed E-state index contributed by atoms with van der Waals surface area (Å²) in [6.07, 6.45) is 1.66. The maximum atomic E-state index is 12.9. The van der Waals surface area contributed by atoms with Crippen LogP contribution in [0.4, 0.5) is 0 Å². The minimum atomic E-state index is -0.129. The predicted octanol–water partition coefficient (Wildman–Crippen LogP) is 5.24. The summed E-state index contributed by atoms with van der Waals surface area (Å²) < 4.78 is 0. The van der Waals surface area contributed by atoms with Gasteiger partial charge in [-0.3, -0.25) is 4.79 Å². The van der Waals surface area contributed by atoms with Crippen molar-refractivity contribution in [2.24, 2.45) is 0 Å². The fourth-order valence-corrected chi connectivity index (χ4v) is 2.95. The second-order valence-electron chi connectivity index (χ2n) is 5.84. The van der Waals surface area contributed by atoms with Crippen molar-refractivity contribution in [3.8, 4) is 16.9 Å². The lowest BCUT2D eigenvalue weighted by atomic mass is 9.91. The van der Waals surface area contributed by atoms with Crippen LogP contribution >= 0.6 is 0 Å². The molecule has 0 bridgehead atoms. The Kier molecular flexibility index (Phi) is 4.76. The smallest absolute Gasteiger partial charge is 0.197 e. The van der Waals surface area contributed by atoms with Crippen molar-refractivity contribution in [3.63, 3.8) is 0 Å². The summed E-state index contributed by atoms with van der Waals surface area (Å²) in [6.45, 7) is 2.07. The standard InChI is InChI=1S/C22H20O2/c1-2-9-18-14-19(16-10-5-3-6-11-16)15-20(23)21(18)22(24)17-12-7-4-8-13-17/h3-8,10-15,23H,2,9H2,1H3. The number of aryl methyl sites for hydroxylation is 1. The van der Waals surface area contributed by atoms with Crippen LogP contribution in [0.2, 0.25) is 0 Å². The molecular formula is C22H20O2. The van der Waals surface area contributed by atoms with Gasteiger partial charge in [0.05, 0.1) is 5.56 Å². The molecule has 0 atom stereocenters. The Morgan fingerprint density at radius 2 is 1.50 bits per heavy atom. The Morgan fingerprint density at radius 3 is 2.12 bits per heavy atom. The van der Waals surface area contributed by atoms with Crippen LogP contribution in [0.5, 0.6) is 5.75 Å². The number of carbonyl (C=O) groups excluding carboxylic acids is 1. The third kappa shape index (κ3) is 3.23. The molecule has 3 aromatic rings. The Balaban J connectivity index is 2.11. The van der Waals surface area contributed by atoms with Crippen LogP contribution < -0.4 is 0 Å². The van der Waals surface area contributed by atoms with Crippen LogP contribution in [0.15, 0.2) is 72.8 Å². The number of phenols is 1. The fourth-order valence-electron chi connectivity index (χ4n) is 2.95. The highest BCUT2D eigenvalue weighted by Crippen LogP contribution is 2.32. The Hall–Kier alpha value is -2.87. The first-order valence-electron chi connectivity index (χ1n) is 8.21. The molecule has 0 spiro atoms. The molecule has 0 fully saturated rings. The molecule has 0 radical (unpaired) electrons. The van der Waals surface area contributed by atoms with Gasteiger partial charge >= 0.3 is 0 Å². The van der Waals surface area contributed by atoms with Gasteiger partial charge in [0.2, 0.25) is 0 Å². The summed E-state index contributed by atoms with van der Waals surface area (Å²) in [7, 11) is 0. The van der Waals surface area contributed by atoms with Crippen molar-refractivity contribution in [1.29, 1.82) is 0 Å². The van der Waals surface area contributed by atoms with E-state index in [1.54, 1.807) is 18.2 Å². The van der Waals surface area contributed by atoms with Crippen LogP contribution in [-0.4, -0.2) is 10.9 Å². The second-order valence-corrected chi connectivity index (χ2v) is 5.84. The highest BCUT2D eigenvalue weighted by atomic mass is 16.3. The molecule has 0 aliphatic rings. The third-order valence-corrected chi connectivity index (χ3v) is 4.09. The van der Waals surface area contributed by atoms with Crippen molar-refractivity contribution in [2.75, 3.05) is 0 Å². The van der Waals surface area contributed by atoms with Gasteiger partial charge in [-0.25, -0.2) is 0 Å². The molecule has 3 rings (SSSR count). The third-order valence-electron chi connectivity index (χ3n) is 4.09. The largest absolute Gasteiger partial charge is 0.507 e. The highest BCUT2D eigenvalue weighted by molar-refractivity contribution is 6.12. The van der Waals surface area contributed by atoms with Gasteiger partial charge in [-0.05, 0) is 29.2 Å². The van der Waals surface area contributed by atoms with E-state index in [9.17, 15) is 9.90 Å². The van der Waals surface area contributed by atoms with Crippen molar-refractivity contribution in [3.05, 3.63) is 89.5 Å². The van der Waals surface area contributed by atoms with Crippen LogP contribution in [0.25, 0.3) is 11.1 Å². The number of carbonyl (C=O) groups is 1. The van der Waals surface area contributed by atoms with Crippen molar-refractivity contribution >= 4 is 5.78 Å². The summed E-state index contributed by atoms with van der Waals surface area (Å²) in [5.74, 6) is -0.0789. The quantitative estimate of drug-likeness (QED) is 0.653. The monoisotopic (exact) mass is 316 g/mol. The van der Waals surface area contributed by atoms with E-state index in [1.165, 1.54) is 0 Å². The maximum absolute atomic E-state index is 12.9. The van der Waals surface area contributed by atoms with Gasteiger partial charge in [0, 0.05) is 5.56 Å². The van der Waals surface area contributed by atoms with Gasteiger partial charge in [0.15, 0.2) is 5.78 Å². The van der Waals surface area contributed by atoms with Gasteiger partial charge in [0.25, 0.3) is 0 Å². The molecule has 3 aromatic carbocycles. The van der Waals surface area contributed by atoms with Crippen LogP contribution in [0.3, 0.4) is 0 Å². The van der Waals surface area contributed by atoms with Crippen molar-refractivity contribution < 1.29 is 9.90 Å². The molecule has 2 nitrogen and oxygen atoms in total. The van der Waals surface area contributed by atoms with E-state index >= 15 is 0 Å². The number of benzene rings is 3. The van der Waals surface area contributed by atoms with Gasteiger partial charge in [-0.15, -0.1) is 0 Å². The molecule has 0 unspecified atom stereocenters. The van der Waals surface area contributed by atoms with E-state index in [0.29, 0.717) is 11.1 Å². The van der Waals surface area contributed by atoms with Crippen molar-refractivity contribution in [1.82, 2.24) is 0 Å². The molecule has 2 heteroatoms. The highest BCUT2D eigenvalue weighted by Gasteiger charge is 2.19. The Labute approximate surface area is 142 Å². The lowest BCUT2D eigenvalue weighted by Gasteiger charge is -2.13. The van der Waals surface area contributed by atoms with E-state index in [-0.39, 0.29) is 11.5 Å². The maximum Gasteiger partial charge on any atom is 0.197 e. The van der Waals surface area contributed by atoms with Crippen LogP contribution in [0, 0.1) is 0 Å². The predicted molar refractivity (Wildman–Crippen MR) is 97.4 cm³/mol. The summed E-state index contributed by atoms with van der Waals surface area (Å²) in [4.78, 5) is 12.9. The van der Waals surface area contributed by atoms with Gasteiger partial charge in [-0.1, -0.05) is 80.1 Å². The summed E-state index contributed by atoms with van der Waals surface area (Å²) >= 11 is 0. The molecule has 0 heterocycles. The molecule has 0 aliphatic heterocycles. The number of hydrogen-bond acceptors (Lipinski definition) is 2. The van der Waals surface area contributed by atoms with E-state index in [0.717, 1.165) is 29.5 Å².